The summed E-state index contributed by atoms with van der Waals surface area (Å²) in [6.07, 6.45) is 3.34. The molecule has 2 aliphatic heterocycles. The summed E-state index contributed by atoms with van der Waals surface area (Å²) in [5, 5.41) is 6.71. The molecule has 3 rings (SSSR count). The standard InChI is InChI=1S/C16H26N4OS.HI/c1-3-17-15(18-7-4-14-10-22-13(2)19-14)20-8-5-16(11-20)6-9-21-12-16;/h10H,3-9,11-12H2,1-2H3,(H,17,18);1H. The van der Waals surface area contributed by atoms with E-state index in [2.05, 4.69) is 34.4 Å². The summed E-state index contributed by atoms with van der Waals surface area (Å²) in [6, 6.07) is 0. The fourth-order valence-corrected chi connectivity index (χ4v) is 3.96. The van der Waals surface area contributed by atoms with Crippen LogP contribution in [0, 0.1) is 12.3 Å². The zero-order valence-electron chi connectivity index (χ0n) is 14.0. The van der Waals surface area contributed by atoms with Crippen molar-refractivity contribution in [2.75, 3.05) is 39.4 Å². The van der Waals surface area contributed by atoms with Crippen molar-refractivity contribution < 1.29 is 4.74 Å². The largest absolute Gasteiger partial charge is 0.381 e. The Bertz CT molecular complexity index is 528. The van der Waals surface area contributed by atoms with Gasteiger partial charge in [-0.3, -0.25) is 4.99 Å². The maximum atomic E-state index is 5.62. The van der Waals surface area contributed by atoms with Gasteiger partial charge in [0, 0.05) is 50.0 Å². The van der Waals surface area contributed by atoms with Crippen LogP contribution in [0.2, 0.25) is 0 Å². The first kappa shape index (κ1) is 18.9. The number of aliphatic imine (C=N–C) groups is 1. The van der Waals surface area contributed by atoms with Crippen molar-refractivity contribution >= 4 is 41.3 Å². The zero-order valence-corrected chi connectivity index (χ0v) is 17.2. The third kappa shape index (κ3) is 4.79. The zero-order chi connectivity index (χ0) is 15.4. The van der Waals surface area contributed by atoms with Gasteiger partial charge in [-0.05, 0) is 26.7 Å². The van der Waals surface area contributed by atoms with E-state index >= 15 is 0 Å². The molecular formula is C16H27IN4OS. The monoisotopic (exact) mass is 450 g/mol. The van der Waals surface area contributed by atoms with Crippen LogP contribution in [0.3, 0.4) is 0 Å². The molecule has 3 heterocycles. The minimum atomic E-state index is 0. The van der Waals surface area contributed by atoms with Gasteiger partial charge in [0.2, 0.25) is 0 Å². The molecule has 7 heteroatoms. The van der Waals surface area contributed by atoms with Crippen LogP contribution in [0.5, 0.6) is 0 Å². The van der Waals surface area contributed by atoms with Crippen LogP contribution in [0.15, 0.2) is 10.4 Å². The van der Waals surface area contributed by atoms with E-state index in [0.29, 0.717) is 5.41 Å². The molecule has 0 radical (unpaired) electrons. The highest BCUT2D eigenvalue weighted by atomic mass is 127. The van der Waals surface area contributed by atoms with Crippen LogP contribution in [0.1, 0.15) is 30.5 Å². The van der Waals surface area contributed by atoms with Gasteiger partial charge in [-0.1, -0.05) is 0 Å². The summed E-state index contributed by atoms with van der Waals surface area (Å²) in [5.74, 6) is 1.05. The first-order chi connectivity index (χ1) is 10.7. The molecule has 1 spiro atoms. The van der Waals surface area contributed by atoms with Crippen molar-refractivity contribution in [3.05, 3.63) is 16.1 Å². The van der Waals surface area contributed by atoms with E-state index in [9.17, 15) is 0 Å². The second-order valence-electron chi connectivity index (χ2n) is 6.32. The third-order valence-corrected chi connectivity index (χ3v) is 5.38. The predicted octanol–water partition coefficient (Wildman–Crippen LogP) is 2.69. The Kier molecular flexibility index (Phi) is 7.09. The van der Waals surface area contributed by atoms with Gasteiger partial charge >= 0.3 is 0 Å². The normalized spacial score (nSPS) is 24.3. The van der Waals surface area contributed by atoms with E-state index in [1.54, 1.807) is 11.3 Å². The highest BCUT2D eigenvalue weighted by Crippen LogP contribution is 2.38. The number of aryl methyl sites for hydroxylation is 1. The number of rotatable bonds is 4. The lowest BCUT2D eigenvalue weighted by Gasteiger charge is -2.24. The maximum Gasteiger partial charge on any atom is 0.193 e. The van der Waals surface area contributed by atoms with Crippen LogP contribution >= 0.6 is 35.3 Å². The number of hydrogen-bond donors (Lipinski definition) is 1. The minimum absolute atomic E-state index is 0. The number of guanidine groups is 1. The Morgan fingerprint density at radius 3 is 3.04 bits per heavy atom. The molecule has 0 aromatic carbocycles. The molecule has 2 saturated heterocycles. The first-order valence-corrected chi connectivity index (χ1v) is 9.11. The molecule has 1 N–H and O–H groups in total. The summed E-state index contributed by atoms with van der Waals surface area (Å²) < 4.78 is 5.62. The molecule has 0 saturated carbocycles. The molecule has 0 bridgehead atoms. The van der Waals surface area contributed by atoms with E-state index in [1.165, 1.54) is 12.8 Å². The van der Waals surface area contributed by atoms with Gasteiger partial charge in [0.1, 0.15) is 0 Å². The van der Waals surface area contributed by atoms with Crippen molar-refractivity contribution in [2.45, 2.75) is 33.1 Å². The average molecular weight is 450 g/mol. The van der Waals surface area contributed by atoms with E-state index < -0.39 is 0 Å². The van der Waals surface area contributed by atoms with Gasteiger partial charge in [-0.2, -0.15) is 0 Å². The van der Waals surface area contributed by atoms with Gasteiger partial charge in [0.15, 0.2) is 5.96 Å². The SMILES string of the molecule is CCNC(=NCCc1csc(C)n1)N1CCC2(CCOC2)C1.I. The number of nitrogens with zero attached hydrogens (tertiary/aromatic N) is 3. The first-order valence-electron chi connectivity index (χ1n) is 8.23. The molecule has 130 valence electrons. The summed E-state index contributed by atoms with van der Waals surface area (Å²) in [5.41, 5.74) is 1.53. The Morgan fingerprint density at radius 2 is 2.39 bits per heavy atom. The van der Waals surface area contributed by atoms with E-state index in [1.807, 2.05) is 0 Å². The van der Waals surface area contributed by atoms with Crippen molar-refractivity contribution in [1.82, 2.24) is 15.2 Å². The number of thiazole rings is 1. The highest BCUT2D eigenvalue weighted by molar-refractivity contribution is 14.0. The lowest BCUT2D eigenvalue weighted by Crippen LogP contribution is -2.41. The highest BCUT2D eigenvalue weighted by Gasteiger charge is 2.42. The molecule has 5 nitrogen and oxygen atoms in total. The Balaban J connectivity index is 0.00000192. The number of aromatic nitrogens is 1. The summed E-state index contributed by atoms with van der Waals surface area (Å²) in [4.78, 5) is 11.7. The van der Waals surface area contributed by atoms with Crippen LogP contribution in [-0.4, -0.2) is 55.2 Å². The van der Waals surface area contributed by atoms with Crippen molar-refractivity contribution in [1.29, 1.82) is 0 Å². The fourth-order valence-electron chi connectivity index (χ4n) is 3.31. The van der Waals surface area contributed by atoms with E-state index in [-0.39, 0.29) is 24.0 Å². The second kappa shape index (κ2) is 8.62. The topological polar surface area (TPSA) is 49.8 Å². The van der Waals surface area contributed by atoms with Gasteiger partial charge in [-0.25, -0.2) is 4.98 Å². The van der Waals surface area contributed by atoms with Crippen LogP contribution in [-0.2, 0) is 11.2 Å². The smallest absolute Gasteiger partial charge is 0.193 e. The lowest BCUT2D eigenvalue weighted by molar-refractivity contribution is 0.156. The third-order valence-electron chi connectivity index (χ3n) is 4.55. The number of likely N-dealkylation sites (tertiary alicyclic amines) is 1. The molecular weight excluding hydrogens is 423 g/mol. The molecule has 1 atom stereocenters. The molecule has 2 aliphatic rings. The summed E-state index contributed by atoms with van der Waals surface area (Å²) in [6.45, 7) is 9.89. The number of nitrogens with one attached hydrogen (secondary N) is 1. The summed E-state index contributed by atoms with van der Waals surface area (Å²) in [7, 11) is 0. The fraction of sp³-hybridized carbons (Fsp3) is 0.750. The predicted molar refractivity (Wildman–Crippen MR) is 106 cm³/mol. The molecule has 1 aromatic rings. The van der Waals surface area contributed by atoms with Crippen molar-refractivity contribution in [2.24, 2.45) is 10.4 Å². The van der Waals surface area contributed by atoms with Crippen LogP contribution in [0.25, 0.3) is 0 Å². The molecule has 0 aliphatic carbocycles. The summed E-state index contributed by atoms with van der Waals surface area (Å²) >= 11 is 1.71. The maximum absolute atomic E-state index is 5.62. The number of ether oxygens (including phenoxy) is 1. The van der Waals surface area contributed by atoms with Crippen molar-refractivity contribution in [3.8, 4) is 0 Å². The van der Waals surface area contributed by atoms with E-state index in [4.69, 9.17) is 9.73 Å². The van der Waals surface area contributed by atoms with Crippen LogP contribution in [0.4, 0.5) is 0 Å². The second-order valence-corrected chi connectivity index (χ2v) is 7.38. The van der Waals surface area contributed by atoms with Gasteiger partial charge in [0.05, 0.1) is 17.3 Å². The van der Waals surface area contributed by atoms with Crippen LogP contribution < -0.4 is 5.32 Å². The molecule has 0 amide bonds. The quantitative estimate of drug-likeness (QED) is 0.436. The Hall–Kier alpha value is -0.410. The molecule has 2 fully saturated rings. The number of hydrogen-bond acceptors (Lipinski definition) is 4. The lowest BCUT2D eigenvalue weighted by atomic mass is 9.87. The molecule has 1 aromatic heterocycles. The Morgan fingerprint density at radius 1 is 1.52 bits per heavy atom. The van der Waals surface area contributed by atoms with E-state index in [0.717, 1.165) is 62.5 Å². The number of halogens is 1. The van der Waals surface area contributed by atoms with Gasteiger partial charge in [0.25, 0.3) is 0 Å². The minimum Gasteiger partial charge on any atom is -0.381 e. The van der Waals surface area contributed by atoms with Gasteiger partial charge < -0.3 is 15.0 Å². The van der Waals surface area contributed by atoms with Crippen molar-refractivity contribution in [3.63, 3.8) is 0 Å². The molecule has 23 heavy (non-hydrogen) atoms. The Labute approximate surface area is 159 Å². The average Bonchev–Trinajstić information content (AvgIpc) is 3.22. The van der Waals surface area contributed by atoms with Gasteiger partial charge in [-0.15, -0.1) is 35.3 Å². The molecule has 1 unspecified atom stereocenters.